The highest BCUT2D eigenvalue weighted by Gasteiger charge is 2.43. The molecule has 328 valence electrons. The zero-order valence-corrected chi connectivity index (χ0v) is 38.7. The molecule has 0 bridgehead atoms. The number of hydrogen-bond donors (Lipinski definition) is 3. The summed E-state index contributed by atoms with van der Waals surface area (Å²) >= 11 is 0. The van der Waals surface area contributed by atoms with E-state index in [2.05, 4.69) is 49.8 Å². The molecule has 4 rings (SSSR count). The lowest BCUT2D eigenvalue weighted by atomic mass is 9.69. The highest BCUT2D eigenvalue weighted by Crippen LogP contribution is 2.41. The Bertz CT molecular complexity index is 1790. The van der Waals surface area contributed by atoms with Crippen LogP contribution in [0.15, 0.2) is 91.0 Å². The number of benzene rings is 3. The van der Waals surface area contributed by atoms with Gasteiger partial charge < -0.3 is 34.8 Å². The number of ether oxygens (including phenoxy) is 2. The maximum Gasteiger partial charge on any atom is 0.407 e. The molecule has 1 aliphatic heterocycles. The lowest BCUT2D eigenvalue weighted by molar-refractivity contribution is -0.140. The monoisotopic (exact) mass is 843 g/mol. The van der Waals surface area contributed by atoms with Crippen LogP contribution in [0.2, 0.25) is 13.1 Å². The molecule has 0 aromatic heterocycles. The molecule has 11 nitrogen and oxygen atoms in total. The van der Waals surface area contributed by atoms with Crippen LogP contribution in [0.25, 0.3) is 0 Å². The van der Waals surface area contributed by atoms with Crippen LogP contribution in [-0.2, 0) is 36.5 Å². The molecule has 1 heterocycles. The largest absolute Gasteiger partial charge is 0.445 e. The molecule has 1 saturated heterocycles. The molecule has 4 amide bonds. The lowest BCUT2D eigenvalue weighted by Crippen LogP contribution is -2.56. The van der Waals surface area contributed by atoms with Gasteiger partial charge >= 0.3 is 12.2 Å². The number of alkyl carbamates (subject to hydrolysis) is 2. The lowest BCUT2D eigenvalue weighted by Gasteiger charge is -2.43. The van der Waals surface area contributed by atoms with E-state index in [1.54, 1.807) is 4.90 Å². The van der Waals surface area contributed by atoms with Crippen LogP contribution in [0.4, 0.5) is 9.59 Å². The van der Waals surface area contributed by atoms with Crippen molar-refractivity contribution >= 4 is 33.0 Å². The summed E-state index contributed by atoms with van der Waals surface area (Å²) in [4.78, 5) is 57.1. The average molecular weight is 843 g/mol. The Morgan fingerprint density at radius 1 is 0.767 bits per heavy atom. The molecule has 0 aliphatic carbocycles. The quantitative estimate of drug-likeness (QED) is 0.116. The molecule has 0 saturated carbocycles. The Morgan fingerprint density at radius 2 is 1.32 bits per heavy atom. The fourth-order valence-corrected chi connectivity index (χ4v) is 8.73. The van der Waals surface area contributed by atoms with Gasteiger partial charge in [-0.15, -0.1) is 0 Å². The summed E-state index contributed by atoms with van der Waals surface area (Å²) in [5.41, 5.74) is 1.70. The Kier molecular flexibility index (Phi) is 17.8. The molecule has 3 N–H and O–H groups in total. The van der Waals surface area contributed by atoms with Crippen molar-refractivity contribution < 1.29 is 33.1 Å². The summed E-state index contributed by atoms with van der Waals surface area (Å²) in [6.07, 6.45) is 0.455. The molecule has 1 fully saturated rings. The predicted molar refractivity (Wildman–Crippen MR) is 240 cm³/mol. The third kappa shape index (κ3) is 15.4. The van der Waals surface area contributed by atoms with Crippen LogP contribution in [0.1, 0.15) is 97.4 Å². The summed E-state index contributed by atoms with van der Waals surface area (Å²) in [7, 11) is -1.67. The SMILES string of the molecule is CC(C)[C@H](NC(=O)[C@H](Cc1ccccc1)C[C@H]([C@@H](NC(=O)OC(C)(C)C)C(O[SiH](C)C)c1ccccc1)C(C)(C)C)C(=O)N1CCC(NC(=O)OCc2ccccc2)CC1. The molecule has 1 unspecified atom stereocenters. The van der Waals surface area contributed by atoms with Gasteiger partial charge in [-0.25, -0.2) is 9.59 Å². The predicted octanol–water partition coefficient (Wildman–Crippen LogP) is 8.59. The van der Waals surface area contributed by atoms with E-state index in [-0.39, 0.29) is 36.3 Å². The Hall–Kier alpha value is -4.68. The van der Waals surface area contributed by atoms with Gasteiger partial charge in [0.2, 0.25) is 11.8 Å². The molecular formula is C48H70N4O7Si. The van der Waals surface area contributed by atoms with Gasteiger partial charge in [0.25, 0.3) is 0 Å². The van der Waals surface area contributed by atoms with Crippen molar-refractivity contribution in [1.29, 1.82) is 0 Å². The van der Waals surface area contributed by atoms with Gasteiger partial charge in [0.1, 0.15) is 18.2 Å². The molecule has 0 radical (unpaired) electrons. The molecule has 1 aliphatic rings. The number of piperidine rings is 1. The van der Waals surface area contributed by atoms with Gasteiger partial charge in [-0.3, -0.25) is 9.59 Å². The van der Waals surface area contributed by atoms with Crippen molar-refractivity contribution in [2.45, 2.75) is 131 Å². The van der Waals surface area contributed by atoms with E-state index < -0.39 is 56.3 Å². The van der Waals surface area contributed by atoms with Crippen LogP contribution in [0, 0.1) is 23.2 Å². The highest BCUT2D eigenvalue weighted by atomic mass is 28.3. The molecule has 3 aromatic rings. The summed E-state index contributed by atoms with van der Waals surface area (Å²) in [6, 6.07) is 27.9. The number of nitrogens with zero attached hydrogens (tertiary/aromatic N) is 1. The second-order valence-electron chi connectivity index (χ2n) is 18.8. The maximum absolute atomic E-state index is 14.8. The molecule has 5 atom stereocenters. The summed E-state index contributed by atoms with van der Waals surface area (Å²) in [6.45, 7) is 21.1. The van der Waals surface area contributed by atoms with Crippen molar-refractivity contribution in [2.75, 3.05) is 13.1 Å². The van der Waals surface area contributed by atoms with E-state index in [1.165, 1.54) is 0 Å². The van der Waals surface area contributed by atoms with E-state index in [0.717, 1.165) is 16.7 Å². The zero-order chi connectivity index (χ0) is 44.0. The fourth-order valence-electron chi connectivity index (χ4n) is 7.82. The van der Waals surface area contributed by atoms with Gasteiger partial charge in [-0.1, -0.05) is 126 Å². The van der Waals surface area contributed by atoms with Gasteiger partial charge in [0.05, 0.1) is 12.1 Å². The number of amides is 4. The average Bonchev–Trinajstić information content (AvgIpc) is 3.19. The van der Waals surface area contributed by atoms with Gasteiger partial charge in [0, 0.05) is 25.0 Å². The molecular weight excluding hydrogens is 773 g/mol. The summed E-state index contributed by atoms with van der Waals surface area (Å²) in [5, 5.41) is 9.42. The minimum Gasteiger partial charge on any atom is -0.445 e. The van der Waals surface area contributed by atoms with Crippen LogP contribution in [-0.4, -0.2) is 74.8 Å². The number of carbonyl (C=O) groups excluding carboxylic acids is 4. The minimum absolute atomic E-state index is 0.127. The van der Waals surface area contributed by atoms with E-state index in [0.29, 0.717) is 38.8 Å². The van der Waals surface area contributed by atoms with Gasteiger partial charge in [0.15, 0.2) is 9.04 Å². The molecule has 60 heavy (non-hydrogen) atoms. The van der Waals surface area contributed by atoms with Gasteiger partial charge in [-0.2, -0.15) is 0 Å². The van der Waals surface area contributed by atoms with E-state index in [4.69, 9.17) is 13.9 Å². The molecule has 12 heteroatoms. The van der Waals surface area contributed by atoms with Gasteiger partial charge in [-0.05, 0) is 93.5 Å². The Morgan fingerprint density at radius 3 is 1.83 bits per heavy atom. The fraction of sp³-hybridized carbons (Fsp3) is 0.542. The third-order valence-electron chi connectivity index (χ3n) is 10.9. The van der Waals surface area contributed by atoms with Crippen molar-refractivity contribution in [1.82, 2.24) is 20.9 Å². The normalized spacial score (nSPS) is 16.3. The summed E-state index contributed by atoms with van der Waals surface area (Å²) < 4.78 is 18.1. The van der Waals surface area contributed by atoms with Crippen LogP contribution in [0.5, 0.6) is 0 Å². The number of rotatable bonds is 17. The van der Waals surface area contributed by atoms with E-state index >= 15 is 0 Å². The van der Waals surface area contributed by atoms with E-state index in [9.17, 15) is 19.2 Å². The topological polar surface area (TPSA) is 135 Å². The standard InChI is InChI=1S/C48H70N4O7Si/c1-33(2)40(44(54)52-28-26-38(27-29-52)49-45(55)57-32-35-22-16-12-17-23-35)50-43(53)37(30-34-20-14-11-15-21-34)31-39(47(3,4)5)41(51-46(56)58-48(6,7)8)42(59-60(9)10)36-24-18-13-19-25-36/h11-25,33,37-42,60H,26-32H2,1-10H3,(H,49,55)(H,50,53)(H,51,56)/t37-,39-,40+,41-,42?/m1/s1. The highest BCUT2D eigenvalue weighted by molar-refractivity contribution is 6.48. The van der Waals surface area contributed by atoms with E-state index in [1.807, 2.05) is 126 Å². The minimum atomic E-state index is -1.67. The maximum atomic E-state index is 14.8. The van der Waals surface area contributed by atoms with Crippen molar-refractivity contribution in [3.05, 3.63) is 108 Å². The second kappa shape index (κ2) is 22.2. The van der Waals surface area contributed by atoms with Crippen molar-refractivity contribution in [2.24, 2.45) is 23.2 Å². The van der Waals surface area contributed by atoms with Crippen LogP contribution in [0.3, 0.4) is 0 Å². The van der Waals surface area contributed by atoms with Crippen molar-refractivity contribution in [3.63, 3.8) is 0 Å². The first-order valence-electron chi connectivity index (χ1n) is 21.6. The Labute approximate surface area is 360 Å². The number of likely N-dealkylation sites (tertiary alicyclic amines) is 1. The molecule has 3 aromatic carbocycles. The van der Waals surface area contributed by atoms with Crippen LogP contribution >= 0.6 is 0 Å². The summed E-state index contributed by atoms with van der Waals surface area (Å²) in [5.74, 6) is -1.38. The molecule has 0 spiro atoms. The second-order valence-corrected chi connectivity index (χ2v) is 21.2. The number of hydrogen-bond acceptors (Lipinski definition) is 7. The van der Waals surface area contributed by atoms with Crippen molar-refractivity contribution in [3.8, 4) is 0 Å². The third-order valence-corrected chi connectivity index (χ3v) is 11.7. The smallest absolute Gasteiger partial charge is 0.407 e. The Balaban J connectivity index is 1.58. The number of carbonyl (C=O) groups is 4. The first-order valence-corrected chi connectivity index (χ1v) is 24.4. The first-order chi connectivity index (χ1) is 28.3. The zero-order valence-electron chi connectivity index (χ0n) is 37.5. The first kappa shape index (κ1) is 48.0. The van der Waals surface area contributed by atoms with Crippen LogP contribution < -0.4 is 16.0 Å². The number of nitrogens with one attached hydrogen (secondary N) is 3.